The zero-order valence-electron chi connectivity index (χ0n) is 10.1. The predicted octanol–water partition coefficient (Wildman–Crippen LogP) is 2.03. The van der Waals surface area contributed by atoms with Crippen LogP contribution >= 0.6 is 23.2 Å². The van der Waals surface area contributed by atoms with Crippen molar-refractivity contribution < 1.29 is 9.53 Å². The molecule has 2 atom stereocenters. The van der Waals surface area contributed by atoms with E-state index in [1.165, 1.54) is 6.07 Å². The highest BCUT2D eigenvalue weighted by Crippen LogP contribution is 2.20. The quantitative estimate of drug-likeness (QED) is 0.794. The second kappa shape index (κ2) is 5.38. The van der Waals surface area contributed by atoms with Crippen LogP contribution in [0.4, 0.5) is 0 Å². The van der Waals surface area contributed by atoms with Gasteiger partial charge in [-0.3, -0.25) is 4.79 Å². The van der Waals surface area contributed by atoms with Gasteiger partial charge in [0.15, 0.2) is 10.3 Å². The molecule has 2 heterocycles. The van der Waals surface area contributed by atoms with Gasteiger partial charge in [0, 0.05) is 13.1 Å². The van der Waals surface area contributed by atoms with E-state index in [1.54, 1.807) is 4.90 Å². The predicted molar refractivity (Wildman–Crippen MR) is 68.0 cm³/mol. The number of halogens is 2. The largest absolute Gasteiger partial charge is 0.372 e. The molecule has 0 N–H and O–H groups in total. The zero-order chi connectivity index (χ0) is 13.3. The SMILES string of the molecule is C[C@@H]1CN(C(=O)c2cc(Cl)nnc2Cl)C[C@H](C)O1. The van der Waals surface area contributed by atoms with Gasteiger partial charge in [-0.2, -0.15) is 0 Å². The van der Waals surface area contributed by atoms with E-state index >= 15 is 0 Å². The lowest BCUT2D eigenvalue weighted by Crippen LogP contribution is -2.48. The van der Waals surface area contributed by atoms with Crippen LogP contribution in [0.1, 0.15) is 24.2 Å². The number of carbonyl (C=O) groups is 1. The fourth-order valence-corrected chi connectivity index (χ4v) is 2.34. The molecule has 0 spiro atoms. The van der Waals surface area contributed by atoms with Crippen LogP contribution in [0.25, 0.3) is 0 Å². The molecule has 0 saturated carbocycles. The first kappa shape index (κ1) is 13.5. The molecular weight excluding hydrogens is 277 g/mol. The lowest BCUT2D eigenvalue weighted by atomic mass is 10.2. The summed E-state index contributed by atoms with van der Waals surface area (Å²) in [7, 11) is 0. The number of amides is 1. The number of hydrogen-bond acceptors (Lipinski definition) is 4. The normalized spacial score (nSPS) is 24.1. The molecule has 1 amide bonds. The Morgan fingerprint density at radius 2 is 1.94 bits per heavy atom. The van der Waals surface area contributed by atoms with Crippen LogP contribution < -0.4 is 0 Å². The van der Waals surface area contributed by atoms with Crippen LogP contribution in [0.15, 0.2) is 6.07 Å². The van der Waals surface area contributed by atoms with E-state index < -0.39 is 0 Å². The Morgan fingerprint density at radius 1 is 1.33 bits per heavy atom. The molecular formula is C11H13Cl2N3O2. The molecule has 2 rings (SSSR count). The zero-order valence-corrected chi connectivity index (χ0v) is 11.6. The Labute approximate surface area is 115 Å². The monoisotopic (exact) mass is 289 g/mol. The Morgan fingerprint density at radius 3 is 2.56 bits per heavy atom. The van der Waals surface area contributed by atoms with Gasteiger partial charge in [-0.25, -0.2) is 0 Å². The van der Waals surface area contributed by atoms with Crippen molar-refractivity contribution in [1.82, 2.24) is 15.1 Å². The summed E-state index contributed by atoms with van der Waals surface area (Å²) in [5, 5.41) is 7.44. The smallest absolute Gasteiger partial charge is 0.257 e. The third-order valence-corrected chi connectivity index (χ3v) is 3.12. The van der Waals surface area contributed by atoms with Gasteiger partial charge >= 0.3 is 0 Å². The van der Waals surface area contributed by atoms with Crippen molar-refractivity contribution in [2.75, 3.05) is 13.1 Å². The number of rotatable bonds is 1. The summed E-state index contributed by atoms with van der Waals surface area (Å²) >= 11 is 11.6. The summed E-state index contributed by atoms with van der Waals surface area (Å²) in [4.78, 5) is 14.0. The molecule has 7 heteroatoms. The van der Waals surface area contributed by atoms with E-state index in [0.717, 1.165) is 0 Å². The molecule has 0 unspecified atom stereocenters. The number of aromatic nitrogens is 2. The van der Waals surface area contributed by atoms with Crippen molar-refractivity contribution >= 4 is 29.1 Å². The second-order valence-electron chi connectivity index (χ2n) is 4.34. The Bertz CT molecular complexity index is 460. The average molecular weight is 290 g/mol. The number of morpholine rings is 1. The molecule has 0 bridgehead atoms. The summed E-state index contributed by atoms with van der Waals surface area (Å²) in [5.41, 5.74) is 0.276. The first-order valence-electron chi connectivity index (χ1n) is 5.61. The molecule has 0 radical (unpaired) electrons. The van der Waals surface area contributed by atoms with E-state index in [2.05, 4.69) is 10.2 Å². The van der Waals surface area contributed by atoms with E-state index in [-0.39, 0.29) is 34.0 Å². The van der Waals surface area contributed by atoms with Crippen LogP contribution in [-0.2, 0) is 4.74 Å². The minimum absolute atomic E-state index is 0.00161. The molecule has 1 aliphatic heterocycles. The first-order chi connectivity index (χ1) is 8.47. The van der Waals surface area contributed by atoms with Gasteiger partial charge in [-0.1, -0.05) is 23.2 Å². The minimum atomic E-state index is -0.196. The van der Waals surface area contributed by atoms with Crippen LogP contribution in [0, 0.1) is 0 Å². The summed E-state index contributed by atoms with van der Waals surface area (Å²) < 4.78 is 5.58. The van der Waals surface area contributed by atoms with Crippen LogP contribution in [0.5, 0.6) is 0 Å². The van der Waals surface area contributed by atoms with E-state index in [4.69, 9.17) is 27.9 Å². The van der Waals surface area contributed by atoms with Crippen molar-refractivity contribution in [3.8, 4) is 0 Å². The Hall–Kier alpha value is -0.910. The van der Waals surface area contributed by atoms with E-state index in [0.29, 0.717) is 13.1 Å². The Balaban J connectivity index is 2.22. The molecule has 1 aromatic rings. The molecule has 1 aromatic heterocycles. The maximum Gasteiger partial charge on any atom is 0.257 e. The second-order valence-corrected chi connectivity index (χ2v) is 5.08. The lowest BCUT2D eigenvalue weighted by Gasteiger charge is -2.35. The number of hydrogen-bond donors (Lipinski definition) is 0. The van der Waals surface area contributed by atoms with Gasteiger partial charge in [0.2, 0.25) is 0 Å². The van der Waals surface area contributed by atoms with Gasteiger partial charge in [0.25, 0.3) is 5.91 Å². The third-order valence-electron chi connectivity index (χ3n) is 2.66. The lowest BCUT2D eigenvalue weighted by molar-refractivity contribution is -0.0586. The molecule has 98 valence electrons. The molecule has 5 nitrogen and oxygen atoms in total. The number of ether oxygens (including phenoxy) is 1. The highest BCUT2D eigenvalue weighted by atomic mass is 35.5. The summed E-state index contributed by atoms with van der Waals surface area (Å²) in [6.45, 7) is 4.91. The first-order valence-corrected chi connectivity index (χ1v) is 6.36. The van der Waals surface area contributed by atoms with Crippen LogP contribution in [0.2, 0.25) is 10.3 Å². The van der Waals surface area contributed by atoms with Crippen molar-refractivity contribution in [3.63, 3.8) is 0 Å². The summed E-state index contributed by atoms with van der Waals surface area (Å²) in [5.74, 6) is -0.196. The molecule has 0 aliphatic carbocycles. The van der Waals surface area contributed by atoms with Crippen molar-refractivity contribution in [2.45, 2.75) is 26.1 Å². The summed E-state index contributed by atoms with van der Waals surface area (Å²) in [6, 6.07) is 1.43. The fraction of sp³-hybridized carbons (Fsp3) is 0.545. The van der Waals surface area contributed by atoms with Gasteiger partial charge in [0.1, 0.15) is 0 Å². The highest BCUT2D eigenvalue weighted by Gasteiger charge is 2.28. The fourth-order valence-electron chi connectivity index (χ4n) is 2.02. The van der Waals surface area contributed by atoms with Crippen molar-refractivity contribution in [2.24, 2.45) is 0 Å². The van der Waals surface area contributed by atoms with E-state index in [9.17, 15) is 4.79 Å². The van der Waals surface area contributed by atoms with Crippen molar-refractivity contribution in [3.05, 3.63) is 21.9 Å². The molecule has 18 heavy (non-hydrogen) atoms. The number of carbonyl (C=O) groups excluding carboxylic acids is 1. The minimum Gasteiger partial charge on any atom is -0.372 e. The number of nitrogens with zero attached hydrogens (tertiary/aromatic N) is 3. The van der Waals surface area contributed by atoms with Crippen LogP contribution in [-0.4, -0.2) is 46.3 Å². The molecule has 1 aliphatic rings. The standard InChI is InChI=1S/C11H13Cl2N3O2/c1-6-4-16(5-7(2)18-6)11(17)8-3-9(12)14-15-10(8)13/h3,6-7H,4-5H2,1-2H3/t6-,7+. The van der Waals surface area contributed by atoms with Gasteiger partial charge in [-0.15, -0.1) is 10.2 Å². The topological polar surface area (TPSA) is 55.3 Å². The maximum absolute atomic E-state index is 12.3. The maximum atomic E-state index is 12.3. The third kappa shape index (κ3) is 2.91. The van der Waals surface area contributed by atoms with Gasteiger partial charge < -0.3 is 9.64 Å². The summed E-state index contributed by atoms with van der Waals surface area (Å²) in [6.07, 6.45) is 0.00323. The average Bonchev–Trinajstić information content (AvgIpc) is 2.30. The van der Waals surface area contributed by atoms with Gasteiger partial charge in [0.05, 0.1) is 17.8 Å². The van der Waals surface area contributed by atoms with Crippen molar-refractivity contribution in [1.29, 1.82) is 0 Å². The van der Waals surface area contributed by atoms with E-state index in [1.807, 2.05) is 13.8 Å². The molecule has 0 aromatic carbocycles. The molecule has 1 fully saturated rings. The highest BCUT2D eigenvalue weighted by molar-refractivity contribution is 6.34. The Kier molecular flexibility index (Phi) is 4.04. The van der Waals surface area contributed by atoms with Gasteiger partial charge in [-0.05, 0) is 19.9 Å². The van der Waals surface area contributed by atoms with Crippen LogP contribution in [0.3, 0.4) is 0 Å². The molecule has 1 saturated heterocycles.